The van der Waals surface area contributed by atoms with Crippen molar-refractivity contribution in [1.29, 1.82) is 0 Å². The Balaban J connectivity index is 2.00. The highest BCUT2D eigenvalue weighted by molar-refractivity contribution is 5.52. The summed E-state index contributed by atoms with van der Waals surface area (Å²) in [5.41, 5.74) is 0.617. The molecule has 0 aromatic carbocycles. The van der Waals surface area contributed by atoms with Gasteiger partial charge in [-0.3, -0.25) is 0 Å². The van der Waals surface area contributed by atoms with Crippen LogP contribution in [0.25, 0.3) is 0 Å². The van der Waals surface area contributed by atoms with Gasteiger partial charge >= 0.3 is 0 Å². The van der Waals surface area contributed by atoms with Gasteiger partial charge in [0.1, 0.15) is 6.29 Å². The Morgan fingerprint density at radius 2 is 2.58 bits per heavy atom. The normalized spacial score (nSPS) is 39.4. The predicted molar refractivity (Wildman–Crippen MR) is 45.7 cm³/mol. The molecule has 0 bridgehead atoms. The number of hydrogen-bond donors (Lipinski definition) is 1. The molecule has 2 aliphatic carbocycles. The van der Waals surface area contributed by atoms with E-state index in [1.54, 1.807) is 0 Å². The van der Waals surface area contributed by atoms with Gasteiger partial charge in [0.15, 0.2) is 0 Å². The molecule has 1 saturated carbocycles. The lowest BCUT2D eigenvalue weighted by molar-refractivity contribution is -0.108. The Morgan fingerprint density at radius 3 is 3.17 bits per heavy atom. The van der Waals surface area contributed by atoms with E-state index in [1.807, 2.05) is 0 Å². The number of carbonyl (C=O) groups excluding carboxylic acids is 1. The lowest BCUT2D eigenvalue weighted by Crippen LogP contribution is -2.13. The van der Waals surface area contributed by atoms with E-state index in [9.17, 15) is 9.90 Å². The maximum absolute atomic E-state index is 10.2. The van der Waals surface area contributed by atoms with Crippen LogP contribution in [-0.4, -0.2) is 17.0 Å². The number of carbonyl (C=O) groups is 1. The van der Waals surface area contributed by atoms with Crippen LogP contribution < -0.4 is 0 Å². The van der Waals surface area contributed by atoms with E-state index in [1.165, 1.54) is 12.0 Å². The molecule has 0 saturated heterocycles. The van der Waals surface area contributed by atoms with Crippen molar-refractivity contribution in [3.63, 3.8) is 0 Å². The highest BCUT2D eigenvalue weighted by Crippen LogP contribution is 2.53. The zero-order valence-electron chi connectivity index (χ0n) is 7.12. The maximum atomic E-state index is 10.2. The summed E-state index contributed by atoms with van der Waals surface area (Å²) in [6.07, 6.45) is 7.69. The Morgan fingerprint density at radius 1 is 1.75 bits per heavy atom. The molecule has 2 nitrogen and oxygen atoms in total. The first-order valence-electron chi connectivity index (χ1n) is 4.63. The summed E-state index contributed by atoms with van der Waals surface area (Å²) in [5, 5.41) is 9.99. The SMILES string of the molecule is O=CCC1CC1(O)C1=CCCC1. The van der Waals surface area contributed by atoms with Gasteiger partial charge in [-0.2, -0.15) is 0 Å². The highest BCUT2D eigenvalue weighted by Gasteiger charge is 2.54. The fraction of sp³-hybridized carbons (Fsp3) is 0.700. The van der Waals surface area contributed by atoms with Crippen molar-refractivity contribution in [3.8, 4) is 0 Å². The molecule has 1 fully saturated rings. The van der Waals surface area contributed by atoms with E-state index >= 15 is 0 Å². The highest BCUT2D eigenvalue weighted by atomic mass is 16.3. The third-order valence-corrected chi connectivity index (χ3v) is 3.05. The monoisotopic (exact) mass is 166 g/mol. The molecule has 0 heterocycles. The first-order chi connectivity index (χ1) is 5.77. The molecule has 2 heteroatoms. The van der Waals surface area contributed by atoms with Crippen LogP contribution in [-0.2, 0) is 4.79 Å². The topological polar surface area (TPSA) is 37.3 Å². The van der Waals surface area contributed by atoms with E-state index < -0.39 is 5.60 Å². The molecule has 12 heavy (non-hydrogen) atoms. The zero-order chi connectivity index (χ0) is 8.60. The number of allylic oxidation sites excluding steroid dienone is 1. The molecular formula is C10H14O2. The summed E-state index contributed by atoms with van der Waals surface area (Å²) in [4.78, 5) is 10.2. The minimum absolute atomic E-state index is 0.222. The third-order valence-electron chi connectivity index (χ3n) is 3.05. The van der Waals surface area contributed by atoms with Crippen LogP contribution >= 0.6 is 0 Å². The van der Waals surface area contributed by atoms with Crippen molar-refractivity contribution in [1.82, 2.24) is 0 Å². The molecule has 0 radical (unpaired) electrons. The molecule has 0 aliphatic heterocycles. The molecule has 2 atom stereocenters. The van der Waals surface area contributed by atoms with E-state index in [-0.39, 0.29) is 5.92 Å². The predicted octanol–water partition coefficient (Wildman–Crippen LogP) is 1.44. The summed E-state index contributed by atoms with van der Waals surface area (Å²) in [7, 11) is 0. The van der Waals surface area contributed by atoms with Gasteiger partial charge in [-0.1, -0.05) is 6.08 Å². The second-order valence-corrected chi connectivity index (χ2v) is 3.85. The molecule has 0 aromatic heterocycles. The quantitative estimate of drug-likeness (QED) is 0.508. The van der Waals surface area contributed by atoms with Gasteiger partial charge in [0.25, 0.3) is 0 Å². The number of rotatable bonds is 3. The summed E-state index contributed by atoms with van der Waals surface area (Å²) in [6, 6.07) is 0. The van der Waals surface area contributed by atoms with Crippen LogP contribution in [0.2, 0.25) is 0 Å². The first-order valence-corrected chi connectivity index (χ1v) is 4.63. The van der Waals surface area contributed by atoms with E-state index in [0.29, 0.717) is 6.42 Å². The molecule has 2 unspecified atom stereocenters. The van der Waals surface area contributed by atoms with Crippen molar-refractivity contribution in [2.24, 2.45) is 5.92 Å². The van der Waals surface area contributed by atoms with E-state index in [2.05, 4.69) is 6.08 Å². The molecule has 66 valence electrons. The summed E-state index contributed by atoms with van der Waals surface area (Å²) in [5.74, 6) is 0.222. The van der Waals surface area contributed by atoms with E-state index in [0.717, 1.165) is 25.5 Å². The Kier molecular flexibility index (Phi) is 1.80. The number of aldehydes is 1. The fourth-order valence-corrected chi connectivity index (χ4v) is 2.17. The molecule has 0 spiro atoms. The Labute approximate surface area is 72.3 Å². The maximum Gasteiger partial charge on any atom is 0.120 e. The average molecular weight is 166 g/mol. The van der Waals surface area contributed by atoms with Crippen LogP contribution in [0.3, 0.4) is 0 Å². The van der Waals surface area contributed by atoms with E-state index in [4.69, 9.17) is 0 Å². The van der Waals surface area contributed by atoms with Crippen molar-refractivity contribution in [2.45, 2.75) is 37.7 Å². The van der Waals surface area contributed by atoms with Gasteiger partial charge in [0.05, 0.1) is 5.60 Å². The molecular weight excluding hydrogens is 152 g/mol. The zero-order valence-corrected chi connectivity index (χ0v) is 7.12. The smallest absolute Gasteiger partial charge is 0.120 e. The van der Waals surface area contributed by atoms with Crippen molar-refractivity contribution in [3.05, 3.63) is 11.6 Å². The van der Waals surface area contributed by atoms with Gasteiger partial charge in [-0.15, -0.1) is 0 Å². The lowest BCUT2D eigenvalue weighted by Gasteiger charge is -2.10. The van der Waals surface area contributed by atoms with Gasteiger partial charge in [-0.05, 0) is 31.3 Å². The van der Waals surface area contributed by atoms with Crippen molar-refractivity contribution >= 4 is 6.29 Å². The molecule has 2 rings (SSSR count). The van der Waals surface area contributed by atoms with Gasteiger partial charge < -0.3 is 9.90 Å². The lowest BCUT2D eigenvalue weighted by atomic mass is 10.0. The van der Waals surface area contributed by atoms with Crippen LogP contribution in [0.4, 0.5) is 0 Å². The minimum Gasteiger partial charge on any atom is -0.385 e. The second-order valence-electron chi connectivity index (χ2n) is 3.85. The van der Waals surface area contributed by atoms with Gasteiger partial charge in [0.2, 0.25) is 0 Å². The van der Waals surface area contributed by atoms with Crippen LogP contribution in [0.1, 0.15) is 32.1 Å². The molecule has 0 aromatic rings. The van der Waals surface area contributed by atoms with Crippen LogP contribution in [0, 0.1) is 5.92 Å². The Bertz CT molecular complexity index is 232. The number of aliphatic hydroxyl groups is 1. The summed E-state index contributed by atoms with van der Waals surface area (Å²) < 4.78 is 0. The fourth-order valence-electron chi connectivity index (χ4n) is 2.17. The number of hydrogen-bond acceptors (Lipinski definition) is 2. The molecule has 0 amide bonds. The van der Waals surface area contributed by atoms with Crippen molar-refractivity contribution in [2.75, 3.05) is 0 Å². The van der Waals surface area contributed by atoms with Crippen molar-refractivity contribution < 1.29 is 9.90 Å². The van der Waals surface area contributed by atoms with Gasteiger partial charge in [0, 0.05) is 12.3 Å². The molecule has 1 N–H and O–H groups in total. The average Bonchev–Trinajstić information content (AvgIpc) is 2.57. The second kappa shape index (κ2) is 2.70. The van der Waals surface area contributed by atoms with Gasteiger partial charge in [-0.25, -0.2) is 0 Å². The standard InChI is InChI=1S/C10H14O2/c11-6-5-9-7-10(9,12)8-3-1-2-4-8/h3,6,9,12H,1-2,4-5,7H2. The summed E-state index contributed by atoms with van der Waals surface area (Å²) in [6.45, 7) is 0. The minimum atomic E-state index is -0.572. The molecule has 2 aliphatic rings. The Hall–Kier alpha value is -0.630. The van der Waals surface area contributed by atoms with Crippen LogP contribution in [0.15, 0.2) is 11.6 Å². The first kappa shape index (κ1) is 7.99. The van der Waals surface area contributed by atoms with Crippen LogP contribution in [0.5, 0.6) is 0 Å². The third kappa shape index (κ3) is 1.11. The summed E-state index contributed by atoms with van der Waals surface area (Å²) >= 11 is 0. The largest absolute Gasteiger partial charge is 0.385 e.